The molecule has 4 fully saturated rings. The second-order valence-corrected chi connectivity index (χ2v) is 10.1. The van der Waals surface area contributed by atoms with Gasteiger partial charge in [-0.2, -0.15) is 10.5 Å². The van der Waals surface area contributed by atoms with Gasteiger partial charge in [0.2, 0.25) is 11.8 Å². The van der Waals surface area contributed by atoms with Crippen LogP contribution in [0.4, 0.5) is 23.0 Å². The van der Waals surface area contributed by atoms with Crippen molar-refractivity contribution in [1.29, 1.82) is 10.5 Å². The number of carbonyl (C=O) groups is 2. The van der Waals surface area contributed by atoms with Crippen LogP contribution in [-0.2, 0) is 9.59 Å². The lowest BCUT2D eigenvalue weighted by atomic mass is 9.83. The Morgan fingerprint density at radius 1 is 0.800 bits per heavy atom. The van der Waals surface area contributed by atoms with E-state index in [9.17, 15) is 20.1 Å². The maximum atomic E-state index is 13.2. The van der Waals surface area contributed by atoms with Crippen molar-refractivity contribution in [1.82, 2.24) is 9.97 Å². The van der Waals surface area contributed by atoms with Crippen molar-refractivity contribution < 1.29 is 9.59 Å². The Kier molecular flexibility index (Phi) is 4.79. The number of carbonyl (C=O) groups excluding carboxylic acids is 2. The van der Waals surface area contributed by atoms with Crippen molar-refractivity contribution in [3.8, 4) is 12.1 Å². The zero-order valence-corrected chi connectivity index (χ0v) is 19.3. The third-order valence-electron chi connectivity index (χ3n) is 8.03. The quantitative estimate of drug-likeness (QED) is 0.689. The average molecular weight is 468 g/mol. The third kappa shape index (κ3) is 3.34. The lowest BCUT2D eigenvalue weighted by molar-refractivity contribution is -0.124. The fourth-order valence-electron chi connectivity index (χ4n) is 5.71. The molecule has 2 saturated heterocycles. The molecule has 2 atom stereocenters. The van der Waals surface area contributed by atoms with Crippen LogP contribution in [0.2, 0.25) is 0 Å². The van der Waals surface area contributed by atoms with E-state index in [-0.39, 0.29) is 23.7 Å². The fraction of sp³-hybridized carbons (Fsp3) is 0.462. The van der Waals surface area contributed by atoms with Gasteiger partial charge in [-0.25, -0.2) is 9.97 Å². The first-order valence-corrected chi connectivity index (χ1v) is 12.2. The molecule has 35 heavy (non-hydrogen) atoms. The molecule has 0 radical (unpaired) electrons. The topological polar surface area (TPSA) is 126 Å². The number of nitriles is 2. The molecule has 9 heteroatoms. The maximum absolute atomic E-state index is 13.2. The van der Waals surface area contributed by atoms with Crippen LogP contribution in [0.3, 0.4) is 0 Å². The second-order valence-electron chi connectivity index (χ2n) is 10.1. The average Bonchev–Trinajstić information content (AvgIpc) is 3.81. The molecule has 0 aromatic carbocycles. The van der Waals surface area contributed by atoms with Crippen LogP contribution in [0.15, 0.2) is 36.7 Å². The van der Waals surface area contributed by atoms with Gasteiger partial charge in [0, 0.05) is 49.0 Å². The van der Waals surface area contributed by atoms with Gasteiger partial charge in [-0.15, -0.1) is 0 Å². The Balaban J connectivity index is 1.21. The van der Waals surface area contributed by atoms with Gasteiger partial charge in [-0.05, 0) is 62.5 Å². The molecule has 2 aliphatic carbocycles. The van der Waals surface area contributed by atoms with Crippen LogP contribution in [-0.4, -0.2) is 34.9 Å². The summed E-state index contributed by atoms with van der Waals surface area (Å²) in [6, 6.07) is 11.7. The summed E-state index contributed by atoms with van der Waals surface area (Å²) in [5.74, 6) is 1.12. The molecule has 176 valence electrons. The van der Waals surface area contributed by atoms with Crippen molar-refractivity contribution in [2.75, 3.05) is 28.2 Å². The van der Waals surface area contributed by atoms with E-state index in [2.05, 4.69) is 27.4 Å². The zero-order valence-electron chi connectivity index (χ0n) is 19.3. The Labute approximate surface area is 203 Å². The van der Waals surface area contributed by atoms with Crippen LogP contribution in [0, 0.1) is 45.3 Å². The SMILES string of the molecule is N#C[C@@]1(C2CC2)CCN(c2ccnc(Nc3cc(N4CC[C@@](C#N)(C5CC5)C4=O)ccn3)c2)C1=O. The smallest absolute Gasteiger partial charge is 0.247 e. The molecule has 0 bridgehead atoms. The summed E-state index contributed by atoms with van der Waals surface area (Å²) >= 11 is 0. The van der Waals surface area contributed by atoms with Gasteiger partial charge in [-0.1, -0.05) is 0 Å². The monoisotopic (exact) mass is 467 g/mol. The van der Waals surface area contributed by atoms with Gasteiger partial charge in [0.1, 0.15) is 22.5 Å². The van der Waals surface area contributed by atoms with E-state index >= 15 is 0 Å². The molecule has 2 aromatic heterocycles. The zero-order chi connectivity index (χ0) is 24.2. The highest BCUT2D eigenvalue weighted by molar-refractivity contribution is 6.03. The van der Waals surface area contributed by atoms with Gasteiger partial charge in [0.25, 0.3) is 0 Å². The predicted octanol–water partition coefficient (Wildman–Crippen LogP) is 3.53. The molecular formula is C26H25N7O2. The summed E-state index contributed by atoms with van der Waals surface area (Å²) in [4.78, 5) is 38.4. The van der Waals surface area contributed by atoms with Crippen molar-refractivity contribution in [3.05, 3.63) is 36.7 Å². The van der Waals surface area contributed by atoms with Crippen LogP contribution < -0.4 is 15.1 Å². The first-order chi connectivity index (χ1) is 17.0. The highest BCUT2D eigenvalue weighted by atomic mass is 16.2. The first-order valence-electron chi connectivity index (χ1n) is 12.2. The molecule has 4 aliphatic rings. The van der Waals surface area contributed by atoms with Gasteiger partial charge in [0.15, 0.2) is 0 Å². The Morgan fingerprint density at radius 3 is 1.60 bits per heavy atom. The largest absolute Gasteiger partial charge is 0.325 e. The number of anilines is 4. The number of hydrogen-bond acceptors (Lipinski definition) is 7. The van der Waals surface area contributed by atoms with Gasteiger partial charge >= 0.3 is 0 Å². The molecule has 9 nitrogen and oxygen atoms in total. The van der Waals surface area contributed by atoms with Gasteiger partial charge < -0.3 is 15.1 Å². The van der Waals surface area contributed by atoms with Crippen LogP contribution in [0.25, 0.3) is 0 Å². The minimum absolute atomic E-state index is 0.121. The molecule has 2 saturated carbocycles. The number of amides is 2. The number of hydrogen-bond donors (Lipinski definition) is 1. The van der Waals surface area contributed by atoms with E-state index < -0.39 is 10.8 Å². The van der Waals surface area contributed by atoms with Crippen molar-refractivity contribution in [2.45, 2.75) is 38.5 Å². The minimum atomic E-state index is -0.895. The van der Waals surface area contributed by atoms with Crippen molar-refractivity contribution in [2.24, 2.45) is 22.7 Å². The number of nitrogens with one attached hydrogen (secondary N) is 1. The molecule has 1 N–H and O–H groups in total. The van der Waals surface area contributed by atoms with Gasteiger partial charge in [0.05, 0.1) is 12.1 Å². The van der Waals surface area contributed by atoms with E-state index in [0.717, 1.165) is 25.7 Å². The molecule has 0 unspecified atom stereocenters. The summed E-state index contributed by atoms with van der Waals surface area (Å²) in [5.41, 5.74) is -0.402. The third-order valence-corrected chi connectivity index (χ3v) is 8.03. The maximum Gasteiger partial charge on any atom is 0.247 e. The first kappa shape index (κ1) is 21.5. The number of rotatable bonds is 6. The molecule has 4 heterocycles. The van der Waals surface area contributed by atoms with Crippen LogP contribution >= 0.6 is 0 Å². The Hall–Kier alpha value is -3.98. The summed E-state index contributed by atoms with van der Waals surface area (Å²) in [7, 11) is 0. The lowest BCUT2D eigenvalue weighted by Crippen LogP contribution is -2.35. The predicted molar refractivity (Wildman–Crippen MR) is 127 cm³/mol. The second kappa shape index (κ2) is 7.78. The molecule has 6 rings (SSSR count). The molecule has 0 spiro atoms. The van der Waals surface area contributed by atoms with E-state index in [4.69, 9.17) is 0 Å². The number of aromatic nitrogens is 2. The summed E-state index contributed by atoms with van der Waals surface area (Å²) < 4.78 is 0. The van der Waals surface area contributed by atoms with Gasteiger partial charge in [-0.3, -0.25) is 9.59 Å². The summed E-state index contributed by atoms with van der Waals surface area (Å²) in [6.07, 6.45) is 8.11. The summed E-state index contributed by atoms with van der Waals surface area (Å²) in [5, 5.41) is 22.7. The fourth-order valence-corrected chi connectivity index (χ4v) is 5.71. The molecule has 2 aliphatic heterocycles. The van der Waals surface area contributed by atoms with Crippen molar-refractivity contribution in [3.63, 3.8) is 0 Å². The van der Waals surface area contributed by atoms with E-state index in [1.165, 1.54) is 0 Å². The standard InChI is InChI=1S/C26H25N7O2/c27-15-25(17-1-2-17)7-11-32(23(25)34)19-5-9-29-21(13-19)31-22-14-20(6-10-30-22)33-12-8-26(16-28,24(33)35)18-3-4-18/h5-6,9-10,13-14,17-18H,1-4,7-8,11-12H2,(H,29,30,31)/t25-,26-/m1/s1. The molecule has 2 aromatic rings. The number of pyridine rings is 2. The lowest BCUT2D eigenvalue weighted by Gasteiger charge is -2.22. The van der Waals surface area contributed by atoms with E-state index in [1.807, 2.05) is 0 Å². The Morgan fingerprint density at radius 2 is 1.23 bits per heavy atom. The van der Waals surface area contributed by atoms with Crippen LogP contribution in [0.1, 0.15) is 38.5 Å². The van der Waals surface area contributed by atoms with Crippen LogP contribution in [0.5, 0.6) is 0 Å². The van der Waals surface area contributed by atoms with Crippen molar-refractivity contribution >= 4 is 34.8 Å². The summed E-state index contributed by atoms with van der Waals surface area (Å²) in [6.45, 7) is 1.03. The normalized spacial score (nSPS) is 28.2. The number of nitrogens with zero attached hydrogens (tertiary/aromatic N) is 6. The Bertz CT molecular complexity index is 1210. The molecule has 2 amide bonds. The molecular weight excluding hydrogens is 442 g/mol. The minimum Gasteiger partial charge on any atom is -0.325 e. The highest BCUT2D eigenvalue weighted by Gasteiger charge is 2.57. The van der Waals surface area contributed by atoms with E-state index in [0.29, 0.717) is 48.9 Å². The van der Waals surface area contributed by atoms with E-state index in [1.54, 1.807) is 46.5 Å². The highest BCUT2D eigenvalue weighted by Crippen LogP contribution is 2.53.